The predicted octanol–water partition coefficient (Wildman–Crippen LogP) is 2.91. The number of hydrogen-bond donors (Lipinski definition) is 3. The Morgan fingerprint density at radius 3 is 2.54 bits per heavy atom. The largest absolute Gasteiger partial charge is 0.478 e. The van der Waals surface area contributed by atoms with Gasteiger partial charge in [-0.25, -0.2) is 9.59 Å². The summed E-state index contributed by atoms with van der Waals surface area (Å²) in [5, 5.41) is 14.6. The summed E-state index contributed by atoms with van der Waals surface area (Å²) in [5.41, 5.74) is 3.81. The van der Waals surface area contributed by atoms with Crippen molar-refractivity contribution in [2.75, 3.05) is 6.54 Å². The van der Waals surface area contributed by atoms with Gasteiger partial charge in [0.2, 0.25) is 0 Å². The lowest BCUT2D eigenvalue weighted by Gasteiger charge is -2.13. The Labute approximate surface area is 140 Å². The van der Waals surface area contributed by atoms with Gasteiger partial charge in [-0.3, -0.25) is 0 Å². The second kappa shape index (κ2) is 7.17. The van der Waals surface area contributed by atoms with Crippen LogP contribution in [-0.4, -0.2) is 23.7 Å². The molecule has 0 spiro atoms. The van der Waals surface area contributed by atoms with Gasteiger partial charge in [0.25, 0.3) is 0 Å². The fraction of sp³-hybridized carbons (Fsp3) is 0.263. The van der Waals surface area contributed by atoms with E-state index in [0.717, 1.165) is 18.4 Å². The number of fused-ring (bicyclic) bond motifs is 1. The molecule has 0 aliphatic heterocycles. The van der Waals surface area contributed by atoms with Gasteiger partial charge in [-0.2, -0.15) is 0 Å². The number of amides is 2. The number of rotatable bonds is 5. The van der Waals surface area contributed by atoms with Crippen molar-refractivity contribution < 1.29 is 14.7 Å². The van der Waals surface area contributed by atoms with Crippen LogP contribution in [0, 0.1) is 0 Å². The van der Waals surface area contributed by atoms with Crippen molar-refractivity contribution >= 4 is 12.0 Å². The predicted molar refractivity (Wildman–Crippen MR) is 91.1 cm³/mol. The zero-order valence-corrected chi connectivity index (χ0v) is 13.3. The first-order chi connectivity index (χ1) is 11.6. The van der Waals surface area contributed by atoms with E-state index in [2.05, 4.69) is 28.8 Å². The lowest BCUT2D eigenvalue weighted by Crippen LogP contribution is -2.37. The number of aromatic carboxylic acids is 1. The molecule has 0 fully saturated rings. The zero-order valence-electron chi connectivity index (χ0n) is 13.3. The number of carboxylic acids is 1. The maximum Gasteiger partial charge on any atom is 0.335 e. The molecule has 0 radical (unpaired) electrons. The summed E-state index contributed by atoms with van der Waals surface area (Å²) in [6, 6.07) is 14.6. The highest BCUT2D eigenvalue weighted by molar-refractivity contribution is 5.87. The third-order valence-electron chi connectivity index (χ3n) is 4.42. The van der Waals surface area contributed by atoms with E-state index in [1.165, 1.54) is 23.3 Å². The maximum absolute atomic E-state index is 11.9. The van der Waals surface area contributed by atoms with Crippen molar-refractivity contribution in [1.82, 2.24) is 10.6 Å². The maximum atomic E-state index is 11.9. The lowest BCUT2D eigenvalue weighted by molar-refractivity contribution is 0.0697. The first-order valence-electron chi connectivity index (χ1n) is 8.05. The fourth-order valence-electron chi connectivity index (χ4n) is 3.08. The molecule has 0 saturated carbocycles. The van der Waals surface area contributed by atoms with Gasteiger partial charge in [-0.1, -0.05) is 36.4 Å². The second-order valence-corrected chi connectivity index (χ2v) is 6.00. The molecule has 5 nitrogen and oxygen atoms in total. The highest BCUT2D eigenvalue weighted by Gasteiger charge is 2.21. The molecule has 0 saturated heterocycles. The van der Waals surface area contributed by atoms with E-state index in [0.29, 0.717) is 19.0 Å². The Balaban J connectivity index is 1.46. The van der Waals surface area contributed by atoms with E-state index in [-0.39, 0.29) is 11.6 Å². The summed E-state index contributed by atoms with van der Waals surface area (Å²) in [5.74, 6) is -0.578. The Bertz CT molecular complexity index is 741. The number of urea groups is 1. The molecule has 124 valence electrons. The highest BCUT2D eigenvalue weighted by Crippen LogP contribution is 2.31. The molecule has 2 aromatic rings. The molecular weight excluding hydrogens is 304 g/mol. The van der Waals surface area contributed by atoms with Crippen LogP contribution < -0.4 is 10.6 Å². The Morgan fingerprint density at radius 2 is 1.79 bits per heavy atom. The van der Waals surface area contributed by atoms with Gasteiger partial charge in [-0.15, -0.1) is 0 Å². The summed E-state index contributed by atoms with van der Waals surface area (Å²) in [7, 11) is 0. The van der Waals surface area contributed by atoms with Gasteiger partial charge < -0.3 is 15.7 Å². The van der Waals surface area contributed by atoms with Gasteiger partial charge in [-0.05, 0) is 41.7 Å². The molecule has 1 aliphatic carbocycles. The number of hydrogen-bond acceptors (Lipinski definition) is 2. The van der Waals surface area contributed by atoms with Gasteiger partial charge >= 0.3 is 12.0 Å². The molecule has 1 aliphatic rings. The average molecular weight is 324 g/mol. The molecule has 24 heavy (non-hydrogen) atoms. The minimum atomic E-state index is -0.955. The smallest absolute Gasteiger partial charge is 0.335 e. The molecule has 1 unspecified atom stereocenters. The van der Waals surface area contributed by atoms with Crippen molar-refractivity contribution in [2.45, 2.75) is 25.3 Å². The van der Waals surface area contributed by atoms with Crippen molar-refractivity contribution in [2.24, 2.45) is 0 Å². The first-order valence-corrected chi connectivity index (χ1v) is 8.05. The molecule has 2 aromatic carbocycles. The molecule has 2 amide bonds. The van der Waals surface area contributed by atoms with Crippen molar-refractivity contribution in [3.05, 3.63) is 70.8 Å². The van der Waals surface area contributed by atoms with E-state index < -0.39 is 5.97 Å². The number of benzene rings is 2. The van der Waals surface area contributed by atoms with E-state index in [9.17, 15) is 9.59 Å². The molecule has 3 N–H and O–H groups in total. The lowest BCUT2D eigenvalue weighted by atomic mass is 10.0. The van der Waals surface area contributed by atoms with Crippen LogP contribution in [0.4, 0.5) is 4.79 Å². The third-order valence-corrected chi connectivity index (χ3v) is 4.42. The monoisotopic (exact) mass is 324 g/mol. The number of carbonyl (C=O) groups excluding carboxylic acids is 1. The summed E-state index contributed by atoms with van der Waals surface area (Å²) in [6.45, 7) is 0.994. The van der Waals surface area contributed by atoms with Gasteiger partial charge in [0.05, 0.1) is 5.56 Å². The van der Waals surface area contributed by atoms with Crippen LogP contribution in [0.1, 0.15) is 39.4 Å². The Hall–Kier alpha value is -2.82. The summed E-state index contributed by atoms with van der Waals surface area (Å²) in [4.78, 5) is 22.7. The molecule has 5 heteroatoms. The first kappa shape index (κ1) is 16.1. The van der Waals surface area contributed by atoms with Gasteiger partial charge in [0.1, 0.15) is 0 Å². The second-order valence-electron chi connectivity index (χ2n) is 6.00. The van der Waals surface area contributed by atoms with E-state index in [1.807, 2.05) is 6.07 Å². The number of carbonyl (C=O) groups is 2. The normalized spacial score (nSPS) is 15.6. The molecule has 3 rings (SSSR count). The van der Waals surface area contributed by atoms with E-state index in [4.69, 9.17) is 5.11 Å². The zero-order chi connectivity index (χ0) is 16.9. The molecule has 0 bridgehead atoms. The number of carboxylic acid groups (broad SMARTS) is 1. The van der Waals surface area contributed by atoms with Crippen LogP contribution in [0.15, 0.2) is 48.5 Å². The van der Waals surface area contributed by atoms with Crippen LogP contribution in [0.2, 0.25) is 0 Å². The van der Waals surface area contributed by atoms with Crippen molar-refractivity contribution in [3.63, 3.8) is 0 Å². The van der Waals surface area contributed by atoms with Gasteiger partial charge in [0.15, 0.2) is 0 Å². The Kier molecular flexibility index (Phi) is 4.79. The fourth-order valence-corrected chi connectivity index (χ4v) is 3.08. The summed E-state index contributed by atoms with van der Waals surface area (Å²) < 4.78 is 0. The quantitative estimate of drug-likeness (QED) is 0.791. The average Bonchev–Trinajstić information content (AvgIpc) is 3.01. The third kappa shape index (κ3) is 3.74. The van der Waals surface area contributed by atoms with Crippen LogP contribution in [-0.2, 0) is 13.0 Å². The van der Waals surface area contributed by atoms with E-state index in [1.54, 1.807) is 12.1 Å². The molecular formula is C19H20N2O3. The number of aryl methyl sites for hydroxylation is 1. The Morgan fingerprint density at radius 1 is 1.04 bits per heavy atom. The van der Waals surface area contributed by atoms with Crippen LogP contribution in [0.25, 0.3) is 0 Å². The topological polar surface area (TPSA) is 78.4 Å². The highest BCUT2D eigenvalue weighted by atomic mass is 16.4. The minimum Gasteiger partial charge on any atom is -0.478 e. The standard InChI is InChI=1S/C19H20N2O3/c22-18(23)15-7-5-13(6-8-15)11-20-19(24)21-12-16-10-9-14-3-1-2-4-17(14)16/h1-8,16H,9-12H2,(H,22,23)(H2,20,21,24). The van der Waals surface area contributed by atoms with E-state index >= 15 is 0 Å². The number of nitrogens with one attached hydrogen (secondary N) is 2. The summed E-state index contributed by atoms with van der Waals surface area (Å²) in [6.07, 6.45) is 2.14. The molecule has 0 aromatic heterocycles. The van der Waals surface area contributed by atoms with Crippen molar-refractivity contribution in [1.29, 1.82) is 0 Å². The SMILES string of the molecule is O=C(NCc1ccc(C(=O)O)cc1)NCC1CCc2ccccc21. The molecule has 1 atom stereocenters. The van der Waals surface area contributed by atoms with Crippen LogP contribution in [0.5, 0.6) is 0 Å². The van der Waals surface area contributed by atoms with Crippen LogP contribution in [0.3, 0.4) is 0 Å². The van der Waals surface area contributed by atoms with Gasteiger partial charge in [0, 0.05) is 19.0 Å². The minimum absolute atomic E-state index is 0.207. The van der Waals surface area contributed by atoms with Crippen molar-refractivity contribution in [3.8, 4) is 0 Å². The molecule has 0 heterocycles. The summed E-state index contributed by atoms with van der Waals surface area (Å²) >= 11 is 0. The van der Waals surface area contributed by atoms with Crippen LogP contribution >= 0.6 is 0 Å².